The number of ether oxygens (including phenoxy) is 5. The lowest BCUT2D eigenvalue weighted by Gasteiger charge is -2.27. The van der Waals surface area contributed by atoms with Crippen molar-refractivity contribution in [3.8, 4) is 0 Å². The molecule has 13 heteroatoms. The van der Waals surface area contributed by atoms with Gasteiger partial charge in [0, 0.05) is 13.8 Å². The van der Waals surface area contributed by atoms with Crippen LogP contribution in [0.1, 0.15) is 34.6 Å². The van der Waals surface area contributed by atoms with Gasteiger partial charge in [-0.15, -0.1) is 0 Å². The lowest BCUT2D eigenvalue weighted by atomic mass is 10.1. The highest BCUT2D eigenvalue weighted by Crippen LogP contribution is 2.32. The first-order valence-corrected chi connectivity index (χ1v) is 13.1. The van der Waals surface area contributed by atoms with Crippen LogP contribution < -0.4 is 0 Å². The van der Waals surface area contributed by atoms with E-state index in [4.69, 9.17) is 27.9 Å². The van der Waals surface area contributed by atoms with E-state index in [0.717, 1.165) is 20.1 Å². The second kappa shape index (κ2) is 12.6. The zero-order valence-electron chi connectivity index (χ0n) is 20.7. The zero-order chi connectivity index (χ0) is 27.9. The molecule has 0 amide bonds. The van der Waals surface area contributed by atoms with E-state index in [1.54, 1.807) is 36.4 Å². The van der Waals surface area contributed by atoms with Gasteiger partial charge >= 0.3 is 23.9 Å². The third-order valence-corrected chi connectivity index (χ3v) is 5.67. The quantitative estimate of drug-likeness (QED) is 0.240. The maximum absolute atomic E-state index is 12.9. The largest absolute Gasteiger partial charge is 0.458 e. The molecule has 0 aromatic heterocycles. The van der Waals surface area contributed by atoms with Crippen LogP contribution in [0.5, 0.6) is 0 Å². The Morgan fingerprint density at radius 2 is 1.34 bits per heavy atom. The van der Waals surface area contributed by atoms with Crippen molar-refractivity contribution in [3.63, 3.8) is 0 Å². The number of benzene rings is 2. The molecule has 204 valence electrons. The van der Waals surface area contributed by atoms with Crippen LogP contribution in [0, 0.1) is 0 Å². The van der Waals surface area contributed by atoms with Crippen molar-refractivity contribution in [3.05, 3.63) is 71.8 Å². The molecule has 0 saturated carbocycles. The lowest BCUT2D eigenvalue weighted by Crippen LogP contribution is -2.47. The number of rotatable bonds is 10. The summed E-state index contributed by atoms with van der Waals surface area (Å²) in [5, 5.41) is 0. The molecule has 5 atom stereocenters. The summed E-state index contributed by atoms with van der Waals surface area (Å²) in [5.41, 5.74) is 0.339. The average Bonchev–Trinajstić information content (AvgIpc) is 3.16. The minimum atomic E-state index is -4.21. The van der Waals surface area contributed by atoms with Gasteiger partial charge in [-0.3, -0.25) is 13.8 Å². The smallest absolute Gasteiger partial charge is 0.338 e. The fraction of sp³-hybridized carbons (Fsp3) is 0.360. The van der Waals surface area contributed by atoms with Gasteiger partial charge < -0.3 is 23.7 Å². The van der Waals surface area contributed by atoms with Crippen molar-refractivity contribution in [2.75, 3.05) is 12.9 Å². The highest BCUT2D eigenvalue weighted by molar-refractivity contribution is 7.86. The summed E-state index contributed by atoms with van der Waals surface area (Å²) in [7, 11) is -4.21. The van der Waals surface area contributed by atoms with E-state index < -0.39 is 71.3 Å². The number of carbonyl (C=O) groups excluding carboxylic acids is 4. The number of esters is 4. The molecule has 1 heterocycles. The Morgan fingerprint density at radius 3 is 1.84 bits per heavy atom. The van der Waals surface area contributed by atoms with Crippen molar-refractivity contribution in [2.24, 2.45) is 0 Å². The highest BCUT2D eigenvalue weighted by Gasteiger charge is 2.55. The minimum absolute atomic E-state index is 0.138. The second-order valence-electron chi connectivity index (χ2n) is 8.19. The predicted octanol–water partition coefficient (Wildman–Crippen LogP) is 1.63. The van der Waals surface area contributed by atoms with E-state index in [-0.39, 0.29) is 11.1 Å². The molecule has 0 radical (unpaired) electrons. The second-order valence-corrected chi connectivity index (χ2v) is 9.79. The minimum Gasteiger partial charge on any atom is -0.458 e. The molecule has 1 fully saturated rings. The summed E-state index contributed by atoms with van der Waals surface area (Å²) in [6.45, 7) is 1.49. The van der Waals surface area contributed by atoms with Gasteiger partial charge in [0.25, 0.3) is 10.1 Å². The fourth-order valence-electron chi connectivity index (χ4n) is 3.63. The third kappa shape index (κ3) is 8.10. The van der Waals surface area contributed by atoms with Gasteiger partial charge in [0.2, 0.25) is 6.29 Å². The highest BCUT2D eigenvalue weighted by atomic mass is 32.2. The van der Waals surface area contributed by atoms with Crippen LogP contribution in [-0.4, -0.2) is 75.9 Å². The molecule has 0 aliphatic carbocycles. The number of hydrogen-bond acceptors (Lipinski definition) is 12. The Labute approximate surface area is 218 Å². The molecule has 2 aromatic carbocycles. The van der Waals surface area contributed by atoms with Crippen LogP contribution in [0.2, 0.25) is 0 Å². The Balaban J connectivity index is 1.96. The van der Waals surface area contributed by atoms with E-state index in [2.05, 4.69) is 0 Å². The van der Waals surface area contributed by atoms with Crippen molar-refractivity contribution >= 4 is 34.0 Å². The van der Waals surface area contributed by atoms with Crippen LogP contribution in [-0.2, 0) is 47.6 Å². The number of hydrogen-bond donors (Lipinski definition) is 0. The molecule has 0 bridgehead atoms. The third-order valence-electron chi connectivity index (χ3n) is 5.10. The number of carbonyl (C=O) groups is 4. The van der Waals surface area contributed by atoms with Gasteiger partial charge in [-0.2, -0.15) is 8.42 Å². The molecule has 2 aromatic rings. The topological polar surface area (TPSA) is 158 Å². The molecule has 0 unspecified atom stereocenters. The van der Waals surface area contributed by atoms with E-state index in [0.29, 0.717) is 0 Å². The molecule has 12 nitrogen and oxygen atoms in total. The SMILES string of the molecule is CC(=O)O[C@@H]1O[C@H]([C@@H](COC(=O)c2ccccc2)OC(=O)c2ccccc2)[C@H](OS(C)(=O)=O)[C@H]1OC(C)=O. The molecular formula is C25H26O12S. The van der Waals surface area contributed by atoms with Crippen molar-refractivity contribution in [1.82, 2.24) is 0 Å². The normalized spacial score (nSPS) is 21.7. The van der Waals surface area contributed by atoms with E-state index in [1.165, 1.54) is 24.3 Å². The summed E-state index contributed by atoms with van der Waals surface area (Å²) >= 11 is 0. The molecule has 1 aliphatic heterocycles. The molecule has 0 spiro atoms. The summed E-state index contributed by atoms with van der Waals surface area (Å²) in [6.07, 6.45) is -7.07. The Bertz CT molecular complexity index is 1250. The van der Waals surface area contributed by atoms with Crippen molar-refractivity contribution in [1.29, 1.82) is 0 Å². The van der Waals surface area contributed by atoms with E-state index >= 15 is 0 Å². The van der Waals surface area contributed by atoms with Crippen LogP contribution in [0.3, 0.4) is 0 Å². The first-order chi connectivity index (χ1) is 17.9. The van der Waals surface area contributed by atoms with Crippen molar-refractivity contribution in [2.45, 2.75) is 44.6 Å². The van der Waals surface area contributed by atoms with Crippen LogP contribution in [0.4, 0.5) is 0 Å². The standard InChI is InChI=1S/C25H26O12S/c1-15(26)33-22-21(37-38(3,30)31)20(36-25(22)34-16(2)27)19(35-24(29)18-12-8-5-9-13-18)14-32-23(28)17-10-6-4-7-11-17/h4-13,19-22,25H,14H2,1-3H3/t19-,20-,21+,22-,25-/m1/s1. The van der Waals surface area contributed by atoms with E-state index in [9.17, 15) is 27.6 Å². The lowest BCUT2D eigenvalue weighted by molar-refractivity contribution is -0.199. The molecule has 1 aliphatic rings. The Kier molecular flexibility index (Phi) is 9.55. The van der Waals surface area contributed by atoms with Gasteiger partial charge in [-0.1, -0.05) is 36.4 Å². The zero-order valence-corrected chi connectivity index (χ0v) is 21.5. The summed E-state index contributed by atoms with van der Waals surface area (Å²) in [5.74, 6) is -3.31. The molecular weight excluding hydrogens is 524 g/mol. The van der Waals surface area contributed by atoms with Gasteiger partial charge in [-0.05, 0) is 24.3 Å². The first-order valence-electron chi connectivity index (χ1n) is 11.3. The Hall–Kier alpha value is -3.81. The van der Waals surface area contributed by atoms with Crippen molar-refractivity contribution < 1.29 is 55.5 Å². The maximum Gasteiger partial charge on any atom is 0.338 e. The molecule has 0 N–H and O–H groups in total. The van der Waals surface area contributed by atoms with Gasteiger partial charge in [0.15, 0.2) is 18.3 Å². The average molecular weight is 551 g/mol. The summed E-state index contributed by atoms with van der Waals surface area (Å²) in [6, 6.07) is 15.7. The summed E-state index contributed by atoms with van der Waals surface area (Å²) < 4.78 is 56.2. The van der Waals surface area contributed by atoms with Gasteiger partial charge in [-0.25, -0.2) is 9.59 Å². The first kappa shape index (κ1) is 28.8. The van der Waals surface area contributed by atoms with Crippen LogP contribution >= 0.6 is 0 Å². The van der Waals surface area contributed by atoms with Gasteiger partial charge in [0.05, 0.1) is 17.4 Å². The fourth-order valence-corrected chi connectivity index (χ4v) is 4.25. The molecule has 1 saturated heterocycles. The maximum atomic E-state index is 12.9. The Morgan fingerprint density at radius 1 is 0.816 bits per heavy atom. The van der Waals surface area contributed by atoms with Crippen LogP contribution in [0.15, 0.2) is 60.7 Å². The molecule has 38 heavy (non-hydrogen) atoms. The van der Waals surface area contributed by atoms with E-state index in [1.807, 2.05) is 0 Å². The van der Waals surface area contributed by atoms with Gasteiger partial charge in [0.1, 0.15) is 12.7 Å². The summed E-state index contributed by atoms with van der Waals surface area (Å²) in [4.78, 5) is 48.9. The molecule has 3 rings (SSSR count). The monoisotopic (exact) mass is 550 g/mol. The predicted molar refractivity (Wildman–Crippen MR) is 128 cm³/mol. The van der Waals surface area contributed by atoms with Crippen LogP contribution in [0.25, 0.3) is 0 Å².